The third-order valence-electron chi connectivity index (χ3n) is 4.41. The van der Waals surface area contributed by atoms with Gasteiger partial charge < -0.3 is 15.2 Å². The molecule has 4 heteroatoms. The minimum absolute atomic E-state index is 0.00348. The molecule has 0 saturated carbocycles. The summed E-state index contributed by atoms with van der Waals surface area (Å²) < 4.78 is 5.53. The summed E-state index contributed by atoms with van der Waals surface area (Å²) in [5.74, 6) is 0. The van der Waals surface area contributed by atoms with Gasteiger partial charge in [0.25, 0.3) is 0 Å². The Morgan fingerprint density at radius 1 is 1.32 bits per heavy atom. The maximum Gasteiger partial charge on any atom is 0.0932 e. The molecule has 1 aliphatic rings. The minimum atomic E-state index is 0.00348. The summed E-state index contributed by atoms with van der Waals surface area (Å²) in [6.07, 6.45) is 3.58. The van der Waals surface area contributed by atoms with Crippen molar-refractivity contribution >= 4 is 0 Å². The first-order valence-electron chi connectivity index (χ1n) is 7.85. The van der Waals surface area contributed by atoms with E-state index in [1.807, 2.05) is 0 Å². The molecular formula is C15H32N2O2. The fourth-order valence-electron chi connectivity index (χ4n) is 2.82. The summed E-state index contributed by atoms with van der Waals surface area (Å²) in [4.78, 5) is 2.46. The Kier molecular flexibility index (Phi) is 7.91. The quantitative estimate of drug-likeness (QED) is 0.624. The largest absolute Gasteiger partial charge is 0.394 e. The van der Waals surface area contributed by atoms with E-state index in [0.717, 1.165) is 39.3 Å². The number of nitrogens with zero attached hydrogens (tertiary/aromatic N) is 1. The maximum absolute atomic E-state index is 9.23. The van der Waals surface area contributed by atoms with Crippen molar-refractivity contribution in [1.82, 2.24) is 10.2 Å². The van der Waals surface area contributed by atoms with E-state index in [1.165, 1.54) is 19.3 Å². The van der Waals surface area contributed by atoms with Crippen LogP contribution in [0.15, 0.2) is 0 Å². The maximum atomic E-state index is 9.23. The molecule has 1 atom stereocenters. The molecule has 1 heterocycles. The van der Waals surface area contributed by atoms with E-state index in [9.17, 15) is 5.11 Å². The van der Waals surface area contributed by atoms with Crippen LogP contribution in [0.5, 0.6) is 0 Å². The van der Waals surface area contributed by atoms with Crippen molar-refractivity contribution in [1.29, 1.82) is 0 Å². The van der Waals surface area contributed by atoms with Crippen molar-refractivity contribution in [2.45, 2.75) is 46.1 Å². The third kappa shape index (κ3) is 5.38. The Labute approximate surface area is 118 Å². The SMILES string of the molecule is CCCNCC(CC)(CC)CN1CCOC(CO)C1. The predicted molar refractivity (Wildman–Crippen MR) is 79.4 cm³/mol. The average Bonchev–Trinajstić information content (AvgIpc) is 2.46. The minimum Gasteiger partial charge on any atom is -0.394 e. The highest BCUT2D eigenvalue weighted by atomic mass is 16.5. The van der Waals surface area contributed by atoms with Gasteiger partial charge in [0.15, 0.2) is 0 Å². The van der Waals surface area contributed by atoms with Gasteiger partial charge in [-0.3, -0.25) is 4.90 Å². The molecule has 1 fully saturated rings. The normalized spacial score (nSPS) is 21.8. The Morgan fingerprint density at radius 2 is 2.05 bits per heavy atom. The lowest BCUT2D eigenvalue weighted by molar-refractivity contribution is -0.0633. The van der Waals surface area contributed by atoms with Gasteiger partial charge >= 0.3 is 0 Å². The Bertz CT molecular complexity index is 232. The van der Waals surface area contributed by atoms with Gasteiger partial charge in [-0.15, -0.1) is 0 Å². The van der Waals surface area contributed by atoms with Gasteiger partial charge in [0.2, 0.25) is 0 Å². The number of nitrogens with one attached hydrogen (secondary N) is 1. The van der Waals surface area contributed by atoms with Crippen molar-refractivity contribution in [2.75, 3.05) is 45.9 Å². The molecule has 0 aromatic heterocycles. The molecular weight excluding hydrogens is 240 g/mol. The van der Waals surface area contributed by atoms with Crippen LogP contribution in [0.3, 0.4) is 0 Å². The molecule has 0 bridgehead atoms. The van der Waals surface area contributed by atoms with E-state index >= 15 is 0 Å². The number of rotatable bonds is 9. The Hall–Kier alpha value is -0.160. The highest BCUT2D eigenvalue weighted by Gasteiger charge is 2.30. The van der Waals surface area contributed by atoms with Gasteiger partial charge in [-0.25, -0.2) is 0 Å². The van der Waals surface area contributed by atoms with Gasteiger partial charge in [0, 0.05) is 26.2 Å². The summed E-state index contributed by atoms with van der Waals surface area (Å²) in [6.45, 7) is 12.8. The van der Waals surface area contributed by atoms with E-state index in [1.54, 1.807) is 0 Å². The smallest absolute Gasteiger partial charge is 0.0932 e. The Balaban J connectivity index is 2.51. The molecule has 1 unspecified atom stereocenters. The van der Waals surface area contributed by atoms with Gasteiger partial charge in [-0.2, -0.15) is 0 Å². The van der Waals surface area contributed by atoms with E-state index in [-0.39, 0.29) is 12.7 Å². The van der Waals surface area contributed by atoms with Crippen LogP contribution >= 0.6 is 0 Å². The number of ether oxygens (including phenoxy) is 1. The van der Waals surface area contributed by atoms with E-state index in [4.69, 9.17) is 4.74 Å². The van der Waals surface area contributed by atoms with Crippen molar-refractivity contribution in [3.63, 3.8) is 0 Å². The summed E-state index contributed by atoms with van der Waals surface area (Å²) >= 11 is 0. The van der Waals surface area contributed by atoms with E-state index in [2.05, 4.69) is 31.0 Å². The second kappa shape index (κ2) is 8.90. The lowest BCUT2D eigenvalue weighted by Gasteiger charge is -2.40. The van der Waals surface area contributed by atoms with E-state index < -0.39 is 0 Å². The van der Waals surface area contributed by atoms with Gasteiger partial charge in [0.05, 0.1) is 19.3 Å². The predicted octanol–water partition coefficient (Wildman–Crippen LogP) is 1.49. The molecule has 1 rings (SSSR count). The molecule has 0 aromatic carbocycles. The van der Waals surface area contributed by atoms with Gasteiger partial charge in [-0.05, 0) is 31.2 Å². The first-order chi connectivity index (χ1) is 9.19. The van der Waals surface area contributed by atoms with Crippen LogP contribution in [-0.4, -0.2) is 62.0 Å². The summed E-state index contributed by atoms with van der Waals surface area (Å²) in [5.41, 5.74) is 0.354. The van der Waals surface area contributed by atoms with E-state index in [0.29, 0.717) is 5.41 Å². The van der Waals surface area contributed by atoms with Crippen LogP contribution in [0.4, 0.5) is 0 Å². The molecule has 2 N–H and O–H groups in total. The molecule has 1 saturated heterocycles. The molecule has 0 spiro atoms. The van der Waals surface area contributed by atoms with Crippen LogP contribution in [0.2, 0.25) is 0 Å². The number of aliphatic hydroxyl groups is 1. The number of hydrogen-bond acceptors (Lipinski definition) is 4. The van der Waals surface area contributed by atoms with Crippen molar-refractivity contribution < 1.29 is 9.84 Å². The first kappa shape index (κ1) is 16.9. The monoisotopic (exact) mass is 272 g/mol. The average molecular weight is 272 g/mol. The zero-order valence-electron chi connectivity index (χ0n) is 13.0. The number of hydrogen-bond donors (Lipinski definition) is 2. The van der Waals surface area contributed by atoms with Crippen molar-refractivity contribution in [2.24, 2.45) is 5.41 Å². The fourth-order valence-corrected chi connectivity index (χ4v) is 2.82. The van der Waals surface area contributed by atoms with Crippen LogP contribution < -0.4 is 5.32 Å². The van der Waals surface area contributed by atoms with Crippen LogP contribution in [0.25, 0.3) is 0 Å². The molecule has 0 aromatic rings. The summed E-state index contributed by atoms with van der Waals surface area (Å²) in [5, 5.41) is 12.8. The molecule has 0 radical (unpaired) electrons. The summed E-state index contributed by atoms with van der Waals surface area (Å²) in [7, 11) is 0. The summed E-state index contributed by atoms with van der Waals surface area (Å²) in [6, 6.07) is 0. The molecule has 0 aliphatic carbocycles. The van der Waals surface area contributed by atoms with Crippen molar-refractivity contribution in [3.8, 4) is 0 Å². The topological polar surface area (TPSA) is 44.7 Å². The zero-order valence-corrected chi connectivity index (χ0v) is 13.0. The van der Waals surface area contributed by atoms with Crippen molar-refractivity contribution in [3.05, 3.63) is 0 Å². The molecule has 114 valence electrons. The molecule has 4 nitrogen and oxygen atoms in total. The molecule has 1 aliphatic heterocycles. The fraction of sp³-hybridized carbons (Fsp3) is 1.00. The van der Waals surface area contributed by atoms with Crippen LogP contribution in [0.1, 0.15) is 40.0 Å². The second-order valence-electron chi connectivity index (χ2n) is 5.79. The second-order valence-corrected chi connectivity index (χ2v) is 5.79. The molecule has 19 heavy (non-hydrogen) atoms. The zero-order chi connectivity index (χ0) is 14.1. The third-order valence-corrected chi connectivity index (χ3v) is 4.41. The van der Waals surface area contributed by atoms with Crippen LogP contribution in [0, 0.1) is 5.41 Å². The van der Waals surface area contributed by atoms with Gasteiger partial charge in [0.1, 0.15) is 0 Å². The van der Waals surface area contributed by atoms with Gasteiger partial charge in [-0.1, -0.05) is 20.8 Å². The Morgan fingerprint density at radius 3 is 2.63 bits per heavy atom. The number of morpholine rings is 1. The number of aliphatic hydroxyl groups excluding tert-OH is 1. The first-order valence-corrected chi connectivity index (χ1v) is 7.85. The molecule has 0 amide bonds. The highest BCUT2D eigenvalue weighted by molar-refractivity contribution is 4.85. The lowest BCUT2D eigenvalue weighted by Crippen LogP contribution is -2.50. The van der Waals surface area contributed by atoms with Crippen LogP contribution in [-0.2, 0) is 4.74 Å². The lowest BCUT2D eigenvalue weighted by atomic mass is 9.81. The highest BCUT2D eigenvalue weighted by Crippen LogP contribution is 2.27. The standard InChI is InChI=1S/C15H32N2O2/c1-4-7-16-12-15(5-2,6-3)13-17-8-9-19-14(10-17)11-18/h14,16,18H,4-13H2,1-3H3.